The summed E-state index contributed by atoms with van der Waals surface area (Å²) in [6, 6.07) is 7.69. The lowest BCUT2D eigenvalue weighted by molar-refractivity contribution is -0.385. The Morgan fingerprint density at radius 3 is 2.54 bits per heavy atom. The third-order valence-electron chi connectivity index (χ3n) is 4.70. The fourth-order valence-electron chi connectivity index (χ4n) is 3.09. The SMILES string of the molecule is Cc1c([N+](=O)[O-])c(C(=O)N2CCN(Cc3ccccc3Cl)CC2)nn1C. The van der Waals surface area contributed by atoms with Crippen LogP contribution in [0.2, 0.25) is 5.02 Å². The van der Waals surface area contributed by atoms with Crippen LogP contribution in [0, 0.1) is 17.0 Å². The maximum Gasteiger partial charge on any atom is 0.322 e. The van der Waals surface area contributed by atoms with Crippen molar-refractivity contribution in [3.8, 4) is 0 Å². The zero-order chi connectivity index (χ0) is 18.8. The molecule has 1 aromatic carbocycles. The molecule has 8 nitrogen and oxygen atoms in total. The summed E-state index contributed by atoms with van der Waals surface area (Å²) < 4.78 is 1.37. The van der Waals surface area contributed by atoms with Gasteiger partial charge in [0.1, 0.15) is 5.69 Å². The number of amides is 1. The molecule has 1 aromatic heterocycles. The Labute approximate surface area is 156 Å². The Hall–Kier alpha value is -2.45. The van der Waals surface area contributed by atoms with Crippen LogP contribution >= 0.6 is 11.6 Å². The highest BCUT2D eigenvalue weighted by Crippen LogP contribution is 2.24. The van der Waals surface area contributed by atoms with Gasteiger partial charge in [-0.1, -0.05) is 29.8 Å². The highest BCUT2D eigenvalue weighted by Gasteiger charge is 2.33. The van der Waals surface area contributed by atoms with Crippen LogP contribution in [0.25, 0.3) is 0 Å². The molecule has 2 heterocycles. The van der Waals surface area contributed by atoms with Crippen molar-refractivity contribution in [1.82, 2.24) is 19.6 Å². The van der Waals surface area contributed by atoms with Crippen molar-refractivity contribution in [2.24, 2.45) is 7.05 Å². The number of piperazine rings is 1. The first kappa shape index (κ1) is 18.3. The number of aromatic nitrogens is 2. The van der Waals surface area contributed by atoms with Crippen LogP contribution in [0.3, 0.4) is 0 Å². The van der Waals surface area contributed by atoms with E-state index >= 15 is 0 Å². The van der Waals surface area contributed by atoms with Crippen molar-refractivity contribution in [2.75, 3.05) is 26.2 Å². The second-order valence-corrected chi connectivity index (χ2v) is 6.73. The fraction of sp³-hybridized carbons (Fsp3) is 0.412. The maximum atomic E-state index is 12.7. The molecule has 1 aliphatic rings. The van der Waals surface area contributed by atoms with E-state index in [0.29, 0.717) is 38.4 Å². The number of rotatable bonds is 4. The lowest BCUT2D eigenvalue weighted by Gasteiger charge is -2.34. The lowest BCUT2D eigenvalue weighted by atomic mass is 10.2. The van der Waals surface area contributed by atoms with Crippen LogP contribution < -0.4 is 0 Å². The first-order chi connectivity index (χ1) is 12.4. The molecule has 1 aliphatic heterocycles. The molecule has 0 atom stereocenters. The standard InChI is InChI=1S/C17H20ClN5O3/c1-12-16(23(25)26)15(19-20(12)2)17(24)22-9-7-21(8-10-22)11-13-5-3-4-6-14(13)18/h3-6H,7-11H2,1-2H3. The minimum absolute atomic E-state index is 0.0884. The lowest BCUT2D eigenvalue weighted by Crippen LogP contribution is -2.48. The third-order valence-corrected chi connectivity index (χ3v) is 5.07. The van der Waals surface area contributed by atoms with Crippen LogP contribution in [-0.4, -0.2) is 56.6 Å². The zero-order valence-corrected chi connectivity index (χ0v) is 15.4. The fourth-order valence-corrected chi connectivity index (χ4v) is 3.28. The number of aryl methyl sites for hydroxylation is 1. The molecule has 0 radical (unpaired) electrons. The molecule has 0 saturated carbocycles. The quantitative estimate of drug-likeness (QED) is 0.602. The number of nitro groups is 1. The Bertz CT molecular complexity index is 843. The molecule has 26 heavy (non-hydrogen) atoms. The van der Waals surface area contributed by atoms with E-state index in [0.717, 1.165) is 10.6 Å². The van der Waals surface area contributed by atoms with E-state index in [1.807, 2.05) is 24.3 Å². The van der Waals surface area contributed by atoms with Crippen LogP contribution in [0.5, 0.6) is 0 Å². The van der Waals surface area contributed by atoms with Gasteiger partial charge in [-0.2, -0.15) is 5.10 Å². The van der Waals surface area contributed by atoms with Crippen LogP contribution in [0.1, 0.15) is 21.7 Å². The Morgan fingerprint density at radius 1 is 1.27 bits per heavy atom. The molecule has 3 rings (SSSR count). The van der Waals surface area contributed by atoms with Gasteiger partial charge in [0.25, 0.3) is 5.91 Å². The number of carbonyl (C=O) groups excluding carboxylic acids is 1. The molecule has 1 amide bonds. The largest absolute Gasteiger partial charge is 0.334 e. The normalized spacial score (nSPS) is 15.3. The van der Waals surface area contributed by atoms with Gasteiger partial charge < -0.3 is 4.90 Å². The highest BCUT2D eigenvalue weighted by atomic mass is 35.5. The smallest absolute Gasteiger partial charge is 0.322 e. The first-order valence-corrected chi connectivity index (χ1v) is 8.69. The number of carbonyl (C=O) groups is 1. The van der Waals surface area contributed by atoms with Crippen molar-refractivity contribution in [3.05, 3.63) is 56.4 Å². The van der Waals surface area contributed by atoms with Crippen molar-refractivity contribution >= 4 is 23.2 Å². The number of hydrogen-bond donors (Lipinski definition) is 0. The van der Waals surface area contributed by atoms with Gasteiger partial charge >= 0.3 is 5.69 Å². The summed E-state index contributed by atoms with van der Waals surface area (Å²) in [5.41, 5.74) is 1.12. The minimum atomic E-state index is -0.538. The number of nitrogens with zero attached hydrogens (tertiary/aromatic N) is 5. The average molecular weight is 378 g/mol. The van der Waals surface area contributed by atoms with Gasteiger partial charge in [-0.25, -0.2) is 0 Å². The van der Waals surface area contributed by atoms with E-state index in [2.05, 4.69) is 10.00 Å². The van der Waals surface area contributed by atoms with Crippen molar-refractivity contribution in [3.63, 3.8) is 0 Å². The van der Waals surface area contributed by atoms with Gasteiger partial charge in [0.15, 0.2) is 0 Å². The zero-order valence-electron chi connectivity index (χ0n) is 14.7. The van der Waals surface area contributed by atoms with Gasteiger partial charge in [0.2, 0.25) is 5.69 Å². The molecular weight excluding hydrogens is 358 g/mol. The minimum Gasteiger partial charge on any atom is -0.334 e. The van der Waals surface area contributed by atoms with Crippen molar-refractivity contribution < 1.29 is 9.72 Å². The predicted octanol–water partition coefficient (Wildman–Crippen LogP) is 2.25. The maximum absolute atomic E-state index is 12.7. The second-order valence-electron chi connectivity index (χ2n) is 6.32. The summed E-state index contributed by atoms with van der Waals surface area (Å²) in [5.74, 6) is -0.391. The topological polar surface area (TPSA) is 84.5 Å². The number of halogens is 1. The number of benzene rings is 1. The van der Waals surface area contributed by atoms with Gasteiger partial charge in [0.05, 0.1) is 4.92 Å². The van der Waals surface area contributed by atoms with E-state index in [1.54, 1.807) is 18.9 Å². The van der Waals surface area contributed by atoms with E-state index < -0.39 is 10.8 Å². The van der Waals surface area contributed by atoms with Gasteiger partial charge in [0, 0.05) is 44.8 Å². The molecule has 0 N–H and O–H groups in total. The molecule has 1 fully saturated rings. The van der Waals surface area contributed by atoms with E-state index in [1.165, 1.54) is 4.68 Å². The predicted molar refractivity (Wildman–Crippen MR) is 97.2 cm³/mol. The summed E-state index contributed by atoms with van der Waals surface area (Å²) in [6.07, 6.45) is 0. The van der Waals surface area contributed by atoms with Gasteiger partial charge in [-0.05, 0) is 18.6 Å². The van der Waals surface area contributed by atoms with Gasteiger partial charge in [-0.3, -0.25) is 24.5 Å². The molecule has 0 bridgehead atoms. The third kappa shape index (κ3) is 3.56. The van der Waals surface area contributed by atoms with Crippen LogP contribution in [-0.2, 0) is 13.6 Å². The monoisotopic (exact) mass is 377 g/mol. The number of hydrogen-bond acceptors (Lipinski definition) is 5. The second kappa shape index (κ2) is 7.43. The summed E-state index contributed by atoms with van der Waals surface area (Å²) >= 11 is 6.20. The summed E-state index contributed by atoms with van der Waals surface area (Å²) in [6.45, 7) is 4.65. The molecule has 9 heteroatoms. The molecule has 2 aromatic rings. The molecular formula is C17H20ClN5O3. The van der Waals surface area contributed by atoms with E-state index in [4.69, 9.17) is 11.6 Å². The molecule has 138 valence electrons. The molecule has 1 saturated heterocycles. The highest BCUT2D eigenvalue weighted by molar-refractivity contribution is 6.31. The summed E-state index contributed by atoms with van der Waals surface area (Å²) in [5, 5.41) is 16.1. The first-order valence-electron chi connectivity index (χ1n) is 8.31. The molecule has 0 aliphatic carbocycles. The average Bonchev–Trinajstić information content (AvgIpc) is 2.92. The molecule has 0 spiro atoms. The van der Waals surface area contributed by atoms with Crippen molar-refractivity contribution in [2.45, 2.75) is 13.5 Å². The van der Waals surface area contributed by atoms with E-state index in [9.17, 15) is 14.9 Å². The van der Waals surface area contributed by atoms with E-state index in [-0.39, 0.29) is 11.4 Å². The summed E-state index contributed by atoms with van der Waals surface area (Å²) in [4.78, 5) is 27.3. The molecule has 0 unspecified atom stereocenters. The Morgan fingerprint density at radius 2 is 1.92 bits per heavy atom. The Kier molecular flexibility index (Phi) is 5.24. The van der Waals surface area contributed by atoms with Crippen LogP contribution in [0.15, 0.2) is 24.3 Å². The van der Waals surface area contributed by atoms with Crippen LogP contribution in [0.4, 0.5) is 5.69 Å². The summed E-state index contributed by atoms with van der Waals surface area (Å²) in [7, 11) is 1.60. The van der Waals surface area contributed by atoms with Crippen molar-refractivity contribution in [1.29, 1.82) is 0 Å². The van der Waals surface area contributed by atoms with Gasteiger partial charge in [-0.15, -0.1) is 0 Å². The Balaban J connectivity index is 1.67.